The molecule has 0 saturated carbocycles. The van der Waals surface area contributed by atoms with Gasteiger partial charge in [0.15, 0.2) is 5.13 Å². The minimum Gasteiger partial charge on any atom is -0.348 e. The molecule has 0 saturated heterocycles. The Morgan fingerprint density at radius 3 is 2.59 bits per heavy atom. The molecule has 0 unspecified atom stereocenters. The Hall–Kier alpha value is -2.08. The molecule has 1 aromatic heterocycles. The number of aromatic nitrogens is 1. The van der Waals surface area contributed by atoms with Gasteiger partial charge in [0, 0.05) is 13.1 Å². The maximum Gasteiger partial charge on any atom is 0.416 e. The maximum atomic E-state index is 13.0. The summed E-state index contributed by atoms with van der Waals surface area (Å²) in [5.74, 6) is 0. The molecule has 27 heavy (non-hydrogen) atoms. The summed E-state index contributed by atoms with van der Waals surface area (Å²) in [6.07, 6.45) is -1.36. The normalized spacial score (nSPS) is 11.9. The summed E-state index contributed by atoms with van der Waals surface area (Å²) in [5, 5.41) is 0.797. The minimum atomic E-state index is -4.33. The Balaban J connectivity index is 1.83. The lowest BCUT2D eigenvalue weighted by molar-refractivity contribution is -0.137. The highest BCUT2D eigenvalue weighted by molar-refractivity contribution is 7.22. The van der Waals surface area contributed by atoms with Gasteiger partial charge in [-0.1, -0.05) is 54.5 Å². The van der Waals surface area contributed by atoms with Crippen molar-refractivity contribution in [1.29, 1.82) is 0 Å². The summed E-state index contributed by atoms with van der Waals surface area (Å²) < 4.78 is 39.5. The number of halogens is 3. The van der Waals surface area contributed by atoms with E-state index in [2.05, 4.69) is 48.0 Å². The number of benzene rings is 2. The van der Waals surface area contributed by atoms with Crippen molar-refractivity contribution in [3.63, 3.8) is 0 Å². The average Bonchev–Trinajstić information content (AvgIpc) is 3.04. The Kier molecular flexibility index (Phi) is 6.05. The largest absolute Gasteiger partial charge is 0.416 e. The van der Waals surface area contributed by atoms with Gasteiger partial charge in [0.2, 0.25) is 0 Å². The van der Waals surface area contributed by atoms with Crippen LogP contribution >= 0.6 is 11.3 Å². The van der Waals surface area contributed by atoms with E-state index in [-0.39, 0.29) is 0 Å². The van der Waals surface area contributed by atoms with Crippen LogP contribution in [-0.4, -0.2) is 18.1 Å². The summed E-state index contributed by atoms with van der Waals surface area (Å²) >= 11 is 1.34. The van der Waals surface area contributed by atoms with Gasteiger partial charge in [0.05, 0.1) is 15.8 Å². The van der Waals surface area contributed by atoms with Gasteiger partial charge in [-0.05, 0) is 43.5 Å². The summed E-state index contributed by atoms with van der Waals surface area (Å²) in [4.78, 5) is 6.79. The standard InChI is InChI=1S/C21H23F3N2S/c1-3-4-11-26(12-10-16-7-5-6-15(2)13-16)20-25-18-9-8-17(21(22,23)24)14-19(18)27-20/h5-9,13-14H,3-4,10-12H2,1-2H3. The van der Waals surface area contributed by atoms with E-state index >= 15 is 0 Å². The van der Waals surface area contributed by atoms with Crippen LogP contribution in [0, 0.1) is 6.92 Å². The zero-order valence-corrected chi connectivity index (χ0v) is 16.3. The maximum absolute atomic E-state index is 13.0. The molecule has 0 aliphatic carbocycles. The van der Waals surface area contributed by atoms with Crippen molar-refractivity contribution in [3.8, 4) is 0 Å². The fourth-order valence-electron chi connectivity index (χ4n) is 3.01. The molecule has 3 aromatic rings. The molecular weight excluding hydrogens is 369 g/mol. The van der Waals surface area contributed by atoms with Gasteiger partial charge in [-0.3, -0.25) is 0 Å². The lowest BCUT2D eigenvalue weighted by Gasteiger charge is -2.21. The number of hydrogen-bond acceptors (Lipinski definition) is 3. The zero-order chi connectivity index (χ0) is 19.4. The van der Waals surface area contributed by atoms with Crippen molar-refractivity contribution >= 4 is 26.7 Å². The van der Waals surface area contributed by atoms with E-state index in [1.54, 1.807) is 0 Å². The SMILES string of the molecule is CCCCN(CCc1cccc(C)c1)c1nc2ccc(C(F)(F)F)cc2s1. The summed E-state index contributed by atoms with van der Waals surface area (Å²) in [6.45, 7) is 5.86. The lowest BCUT2D eigenvalue weighted by Crippen LogP contribution is -2.26. The molecular formula is C21H23F3N2S. The number of aryl methyl sites for hydroxylation is 1. The van der Waals surface area contributed by atoms with Gasteiger partial charge in [0.25, 0.3) is 0 Å². The van der Waals surface area contributed by atoms with Crippen LogP contribution in [0.4, 0.5) is 18.3 Å². The molecule has 144 valence electrons. The Morgan fingerprint density at radius 2 is 1.89 bits per heavy atom. The first-order chi connectivity index (χ1) is 12.9. The van der Waals surface area contributed by atoms with Gasteiger partial charge in [-0.25, -0.2) is 4.98 Å². The van der Waals surface area contributed by atoms with Crippen molar-refractivity contribution < 1.29 is 13.2 Å². The van der Waals surface area contributed by atoms with Crippen molar-refractivity contribution in [1.82, 2.24) is 4.98 Å². The second-order valence-electron chi connectivity index (χ2n) is 6.76. The molecule has 0 bridgehead atoms. The molecule has 3 rings (SSSR count). The van der Waals surface area contributed by atoms with Gasteiger partial charge >= 0.3 is 6.18 Å². The first-order valence-electron chi connectivity index (χ1n) is 9.15. The summed E-state index contributed by atoms with van der Waals surface area (Å²) in [7, 11) is 0. The first kappa shape index (κ1) is 19.7. The van der Waals surface area contributed by atoms with Crippen LogP contribution in [0.25, 0.3) is 10.2 Å². The summed E-state index contributed by atoms with van der Waals surface area (Å²) in [6, 6.07) is 12.2. The number of hydrogen-bond donors (Lipinski definition) is 0. The average molecular weight is 392 g/mol. The smallest absolute Gasteiger partial charge is 0.348 e. The monoisotopic (exact) mass is 392 g/mol. The molecule has 6 heteroatoms. The number of alkyl halides is 3. The zero-order valence-electron chi connectivity index (χ0n) is 15.5. The van der Waals surface area contributed by atoms with Crippen LogP contribution in [0.15, 0.2) is 42.5 Å². The molecule has 0 aliphatic rings. The Bertz CT molecular complexity index is 902. The van der Waals surface area contributed by atoms with Crippen LogP contribution in [0.3, 0.4) is 0 Å². The molecule has 2 nitrogen and oxygen atoms in total. The van der Waals surface area contributed by atoms with E-state index in [1.165, 1.54) is 34.6 Å². The Morgan fingerprint density at radius 1 is 1.07 bits per heavy atom. The van der Waals surface area contributed by atoms with Crippen molar-refractivity contribution in [3.05, 3.63) is 59.2 Å². The third-order valence-corrected chi connectivity index (χ3v) is 5.59. The number of unbranched alkanes of at least 4 members (excludes halogenated alkanes) is 1. The molecule has 1 heterocycles. The third-order valence-electron chi connectivity index (χ3n) is 4.51. The van der Waals surface area contributed by atoms with E-state index in [1.807, 2.05) is 0 Å². The Labute approximate surface area is 161 Å². The second kappa shape index (κ2) is 8.30. The highest BCUT2D eigenvalue weighted by atomic mass is 32.1. The van der Waals surface area contributed by atoms with Crippen molar-refractivity contribution in [2.24, 2.45) is 0 Å². The molecule has 0 spiro atoms. The van der Waals surface area contributed by atoms with Crippen LogP contribution in [-0.2, 0) is 12.6 Å². The fourth-order valence-corrected chi connectivity index (χ4v) is 4.06. The molecule has 0 atom stereocenters. The predicted octanol–water partition coefficient (Wildman–Crippen LogP) is 6.47. The highest BCUT2D eigenvalue weighted by Crippen LogP contribution is 2.35. The lowest BCUT2D eigenvalue weighted by atomic mass is 10.1. The van der Waals surface area contributed by atoms with E-state index in [9.17, 15) is 13.2 Å². The van der Waals surface area contributed by atoms with E-state index in [4.69, 9.17) is 0 Å². The topological polar surface area (TPSA) is 16.1 Å². The quantitative estimate of drug-likeness (QED) is 0.458. The third kappa shape index (κ3) is 5.01. The van der Waals surface area contributed by atoms with Crippen molar-refractivity contribution in [2.75, 3.05) is 18.0 Å². The number of thiazole rings is 1. The van der Waals surface area contributed by atoms with Gasteiger partial charge in [0.1, 0.15) is 0 Å². The molecule has 0 fully saturated rings. The second-order valence-corrected chi connectivity index (χ2v) is 7.77. The molecule has 2 aromatic carbocycles. The van der Waals surface area contributed by atoms with Crippen LogP contribution in [0.1, 0.15) is 36.5 Å². The van der Waals surface area contributed by atoms with Crippen LogP contribution in [0.2, 0.25) is 0 Å². The van der Waals surface area contributed by atoms with Gasteiger partial charge < -0.3 is 4.90 Å². The summed E-state index contributed by atoms with van der Waals surface area (Å²) in [5.41, 5.74) is 2.49. The van der Waals surface area contributed by atoms with Gasteiger partial charge in [-0.15, -0.1) is 0 Å². The van der Waals surface area contributed by atoms with Crippen molar-refractivity contribution in [2.45, 2.75) is 39.3 Å². The predicted molar refractivity (Wildman–Crippen MR) is 107 cm³/mol. The number of nitrogens with zero attached hydrogens (tertiary/aromatic N) is 2. The molecule has 0 N–H and O–H groups in total. The number of anilines is 1. The van der Waals surface area contributed by atoms with E-state index < -0.39 is 11.7 Å². The van der Waals surface area contributed by atoms with E-state index in [0.29, 0.717) is 10.2 Å². The van der Waals surface area contributed by atoms with Crippen LogP contribution < -0.4 is 4.90 Å². The fraction of sp³-hybridized carbons (Fsp3) is 0.381. The molecule has 0 aliphatic heterocycles. The van der Waals surface area contributed by atoms with Gasteiger partial charge in [-0.2, -0.15) is 13.2 Å². The molecule has 0 amide bonds. The molecule has 0 radical (unpaired) electrons. The number of rotatable bonds is 7. The minimum absolute atomic E-state index is 0.580. The van der Waals surface area contributed by atoms with E-state index in [0.717, 1.165) is 43.5 Å². The van der Waals surface area contributed by atoms with Crippen LogP contribution in [0.5, 0.6) is 0 Å². The first-order valence-corrected chi connectivity index (χ1v) is 9.97. The number of fused-ring (bicyclic) bond motifs is 1. The highest BCUT2D eigenvalue weighted by Gasteiger charge is 2.30.